The molecule has 136 valence electrons. The van der Waals surface area contributed by atoms with Crippen LogP contribution in [-0.2, 0) is 22.2 Å². The van der Waals surface area contributed by atoms with Crippen molar-refractivity contribution in [1.82, 2.24) is 14.9 Å². The van der Waals surface area contributed by atoms with Gasteiger partial charge in [-0.1, -0.05) is 59.3 Å². The molecule has 3 rings (SSSR count). The zero-order chi connectivity index (χ0) is 18.6. The number of benzene rings is 2. The first-order valence-electron chi connectivity index (χ1n) is 8.34. The average molecular weight is 371 g/mol. The molecule has 0 aliphatic carbocycles. The highest BCUT2D eigenvalue weighted by Gasteiger charge is 2.14. The van der Waals surface area contributed by atoms with E-state index in [1.54, 1.807) is 0 Å². The van der Waals surface area contributed by atoms with Crippen molar-refractivity contribution < 1.29 is 12.9 Å². The maximum atomic E-state index is 12.2. The van der Waals surface area contributed by atoms with Gasteiger partial charge in [0, 0.05) is 18.5 Å². The molecule has 0 fully saturated rings. The number of nitrogens with zero attached hydrogens (tertiary/aromatic N) is 2. The predicted molar refractivity (Wildman–Crippen MR) is 100.0 cm³/mol. The van der Waals surface area contributed by atoms with E-state index < -0.39 is 10.0 Å². The van der Waals surface area contributed by atoms with Crippen molar-refractivity contribution in [3.05, 3.63) is 71.1 Å². The molecular weight excluding hydrogens is 350 g/mol. The van der Waals surface area contributed by atoms with Crippen molar-refractivity contribution in [2.45, 2.75) is 26.0 Å². The van der Waals surface area contributed by atoms with Crippen molar-refractivity contribution in [3.8, 4) is 11.4 Å². The van der Waals surface area contributed by atoms with E-state index in [-0.39, 0.29) is 12.3 Å². The molecule has 0 aliphatic rings. The number of aryl methyl sites for hydroxylation is 2. The highest BCUT2D eigenvalue weighted by atomic mass is 32.2. The summed E-state index contributed by atoms with van der Waals surface area (Å²) in [4.78, 5) is 4.34. The molecule has 0 atom stereocenters. The van der Waals surface area contributed by atoms with E-state index >= 15 is 0 Å². The third kappa shape index (κ3) is 4.77. The summed E-state index contributed by atoms with van der Waals surface area (Å²) in [6.45, 7) is 4.15. The normalized spacial score (nSPS) is 11.6. The number of hydrogen-bond donors (Lipinski definition) is 1. The van der Waals surface area contributed by atoms with Crippen LogP contribution < -0.4 is 4.72 Å². The monoisotopic (exact) mass is 371 g/mol. The topological polar surface area (TPSA) is 85.1 Å². The molecule has 1 aromatic heterocycles. The molecule has 26 heavy (non-hydrogen) atoms. The van der Waals surface area contributed by atoms with Gasteiger partial charge in [0.25, 0.3) is 0 Å². The summed E-state index contributed by atoms with van der Waals surface area (Å²) >= 11 is 0. The Morgan fingerprint density at radius 3 is 2.50 bits per heavy atom. The Kier molecular flexibility index (Phi) is 5.49. The zero-order valence-corrected chi connectivity index (χ0v) is 15.6. The van der Waals surface area contributed by atoms with E-state index in [4.69, 9.17) is 4.52 Å². The number of hydrogen-bond acceptors (Lipinski definition) is 5. The Labute approximate surface area is 153 Å². The van der Waals surface area contributed by atoms with Gasteiger partial charge in [-0.3, -0.25) is 0 Å². The van der Waals surface area contributed by atoms with Gasteiger partial charge in [-0.15, -0.1) is 0 Å². The van der Waals surface area contributed by atoms with Crippen LogP contribution in [0.25, 0.3) is 11.4 Å². The smallest absolute Gasteiger partial charge is 0.228 e. The van der Waals surface area contributed by atoms with Crippen LogP contribution in [0.5, 0.6) is 0 Å². The lowest BCUT2D eigenvalue weighted by Gasteiger charge is -2.06. The fourth-order valence-corrected chi connectivity index (χ4v) is 3.70. The molecule has 0 saturated heterocycles. The maximum absolute atomic E-state index is 12.2. The van der Waals surface area contributed by atoms with Crippen molar-refractivity contribution in [3.63, 3.8) is 0 Å². The van der Waals surface area contributed by atoms with Crippen LogP contribution >= 0.6 is 0 Å². The molecule has 0 unspecified atom stereocenters. The van der Waals surface area contributed by atoms with Crippen LogP contribution in [0.3, 0.4) is 0 Å². The molecular formula is C19H21N3O3S. The second kappa shape index (κ2) is 7.80. The second-order valence-corrected chi connectivity index (χ2v) is 8.02. The Morgan fingerprint density at radius 1 is 1.04 bits per heavy atom. The third-order valence-corrected chi connectivity index (χ3v) is 5.35. The molecule has 6 nitrogen and oxygen atoms in total. The number of aromatic nitrogens is 2. The molecule has 1 N–H and O–H groups in total. The number of sulfonamides is 1. The first-order valence-corrected chi connectivity index (χ1v) is 10.00. The van der Waals surface area contributed by atoms with E-state index in [2.05, 4.69) is 14.9 Å². The number of nitrogens with one attached hydrogen (secondary N) is 1. The van der Waals surface area contributed by atoms with Gasteiger partial charge >= 0.3 is 0 Å². The molecule has 0 radical (unpaired) electrons. The van der Waals surface area contributed by atoms with Crippen LogP contribution in [0.4, 0.5) is 0 Å². The number of rotatable bonds is 7. The molecule has 0 bridgehead atoms. The summed E-state index contributed by atoms with van der Waals surface area (Å²) in [5, 5.41) is 3.98. The van der Waals surface area contributed by atoms with Crippen molar-refractivity contribution in [1.29, 1.82) is 0 Å². The second-order valence-electron chi connectivity index (χ2n) is 6.22. The van der Waals surface area contributed by atoms with Gasteiger partial charge in [-0.05, 0) is 25.0 Å². The highest BCUT2D eigenvalue weighted by molar-refractivity contribution is 7.88. The molecule has 2 aromatic carbocycles. The Balaban J connectivity index is 1.56. The minimum atomic E-state index is -3.41. The predicted octanol–water partition coefficient (Wildman–Crippen LogP) is 3.02. The van der Waals surface area contributed by atoms with Gasteiger partial charge < -0.3 is 4.52 Å². The average Bonchev–Trinajstić information content (AvgIpc) is 3.05. The van der Waals surface area contributed by atoms with Crippen molar-refractivity contribution >= 4 is 10.0 Å². The lowest BCUT2D eigenvalue weighted by molar-refractivity contribution is 0.379. The van der Waals surface area contributed by atoms with Crippen LogP contribution in [-0.4, -0.2) is 25.1 Å². The van der Waals surface area contributed by atoms with Gasteiger partial charge in [-0.2, -0.15) is 4.98 Å². The van der Waals surface area contributed by atoms with E-state index in [0.717, 1.165) is 22.3 Å². The van der Waals surface area contributed by atoms with Crippen LogP contribution in [0.2, 0.25) is 0 Å². The zero-order valence-electron chi connectivity index (χ0n) is 14.8. The molecule has 0 amide bonds. The van der Waals surface area contributed by atoms with Gasteiger partial charge in [0.15, 0.2) is 0 Å². The van der Waals surface area contributed by atoms with E-state index in [1.165, 1.54) is 0 Å². The minimum Gasteiger partial charge on any atom is -0.339 e. The molecule has 0 aliphatic heterocycles. The quantitative estimate of drug-likeness (QED) is 0.690. The Hall–Kier alpha value is -2.51. The minimum absolute atomic E-state index is 0.0500. The molecule has 7 heteroatoms. The molecule has 0 spiro atoms. The third-order valence-electron chi connectivity index (χ3n) is 3.99. The van der Waals surface area contributed by atoms with E-state index in [1.807, 2.05) is 62.4 Å². The van der Waals surface area contributed by atoms with Crippen LogP contribution in [0, 0.1) is 13.8 Å². The summed E-state index contributed by atoms with van der Waals surface area (Å²) in [6.07, 6.45) is 0.339. The van der Waals surface area contributed by atoms with Gasteiger partial charge in [-0.25, -0.2) is 13.1 Å². The molecule has 3 aromatic rings. The highest BCUT2D eigenvalue weighted by Crippen LogP contribution is 2.19. The Bertz CT molecular complexity index is 979. The molecule has 1 heterocycles. The SMILES string of the molecule is Cc1ccc(CS(=O)(=O)NCCc2nc(-c3ccccc3C)no2)cc1. The summed E-state index contributed by atoms with van der Waals surface area (Å²) in [5.74, 6) is 0.868. The van der Waals surface area contributed by atoms with E-state index in [0.29, 0.717) is 18.1 Å². The molecule has 0 saturated carbocycles. The summed E-state index contributed by atoms with van der Waals surface area (Å²) in [6, 6.07) is 15.2. The lowest BCUT2D eigenvalue weighted by Crippen LogP contribution is -2.27. The first kappa shape index (κ1) is 18.3. The Morgan fingerprint density at radius 2 is 1.77 bits per heavy atom. The fraction of sp³-hybridized carbons (Fsp3) is 0.263. The van der Waals surface area contributed by atoms with Gasteiger partial charge in [0.05, 0.1) is 5.75 Å². The standard InChI is InChI=1S/C19H21N3O3S/c1-14-7-9-16(10-8-14)13-26(23,24)20-12-11-18-21-19(22-25-18)17-6-4-3-5-15(17)2/h3-10,20H,11-13H2,1-2H3. The fourth-order valence-electron chi connectivity index (χ4n) is 2.56. The summed E-state index contributed by atoms with van der Waals surface area (Å²) in [5.41, 5.74) is 3.81. The van der Waals surface area contributed by atoms with Gasteiger partial charge in [0.2, 0.25) is 21.7 Å². The van der Waals surface area contributed by atoms with Gasteiger partial charge in [0.1, 0.15) is 0 Å². The van der Waals surface area contributed by atoms with Crippen molar-refractivity contribution in [2.75, 3.05) is 6.54 Å². The van der Waals surface area contributed by atoms with Crippen LogP contribution in [0.15, 0.2) is 53.1 Å². The first-order chi connectivity index (χ1) is 12.4. The maximum Gasteiger partial charge on any atom is 0.228 e. The van der Waals surface area contributed by atoms with Crippen molar-refractivity contribution in [2.24, 2.45) is 0 Å². The summed E-state index contributed by atoms with van der Waals surface area (Å²) < 4.78 is 32.1. The lowest BCUT2D eigenvalue weighted by atomic mass is 10.1. The van der Waals surface area contributed by atoms with Crippen LogP contribution in [0.1, 0.15) is 22.6 Å². The largest absolute Gasteiger partial charge is 0.339 e. The van der Waals surface area contributed by atoms with E-state index in [9.17, 15) is 8.42 Å². The summed E-state index contributed by atoms with van der Waals surface area (Å²) in [7, 11) is -3.41.